The molecular weight excluding hydrogens is 268 g/mol. The maximum atomic E-state index is 11.4. The highest BCUT2D eigenvalue weighted by Gasteiger charge is 2.18. The van der Waals surface area contributed by atoms with Crippen molar-refractivity contribution in [2.45, 2.75) is 12.8 Å². The van der Waals surface area contributed by atoms with Crippen molar-refractivity contribution < 1.29 is 4.79 Å². The molecule has 2 heterocycles. The number of piperazine rings is 1. The van der Waals surface area contributed by atoms with Gasteiger partial charge in [0, 0.05) is 33.2 Å². The molecular formula is C14H24N6O. The number of carbonyl (C=O) groups excluding carboxylic acids is 1. The molecule has 0 saturated carbocycles. The fourth-order valence-corrected chi connectivity index (χ4v) is 2.42. The maximum Gasteiger partial charge on any atom is 0.271 e. The van der Waals surface area contributed by atoms with Gasteiger partial charge in [0.05, 0.1) is 0 Å². The minimum absolute atomic E-state index is 0.209. The van der Waals surface area contributed by atoms with E-state index in [1.165, 1.54) is 0 Å². The zero-order valence-electron chi connectivity index (χ0n) is 12.6. The van der Waals surface area contributed by atoms with E-state index in [0.717, 1.165) is 57.9 Å². The quantitative estimate of drug-likeness (QED) is 0.700. The van der Waals surface area contributed by atoms with Gasteiger partial charge in [-0.2, -0.15) is 0 Å². The summed E-state index contributed by atoms with van der Waals surface area (Å²) in [5, 5.41) is 10.7. The molecule has 0 radical (unpaired) electrons. The predicted molar refractivity (Wildman–Crippen MR) is 82.4 cm³/mol. The van der Waals surface area contributed by atoms with Gasteiger partial charge >= 0.3 is 0 Å². The number of unbranched alkanes of at least 4 members (excludes halogenated alkanes) is 1. The molecule has 1 fully saturated rings. The van der Waals surface area contributed by atoms with Gasteiger partial charge in [0.1, 0.15) is 0 Å². The first-order valence-corrected chi connectivity index (χ1v) is 7.48. The van der Waals surface area contributed by atoms with Gasteiger partial charge in [-0.3, -0.25) is 9.69 Å². The molecule has 1 saturated heterocycles. The molecule has 1 amide bonds. The molecule has 0 unspecified atom stereocenters. The van der Waals surface area contributed by atoms with Crippen LogP contribution in [0.4, 0.5) is 5.82 Å². The molecule has 0 bridgehead atoms. The van der Waals surface area contributed by atoms with E-state index in [1.54, 1.807) is 13.1 Å². The molecule has 1 aliphatic heterocycles. The van der Waals surface area contributed by atoms with Gasteiger partial charge in [-0.1, -0.05) is 0 Å². The van der Waals surface area contributed by atoms with Crippen LogP contribution >= 0.6 is 0 Å². The third-order valence-corrected chi connectivity index (χ3v) is 3.73. The first-order chi connectivity index (χ1) is 10.2. The lowest BCUT2D eigenvalue weighted by Gasteiger charge is -2.35. The molecule has 0 spiro atoms. The lowest BCUT2D eigenvalue weighted by Crippen LogP contribution is -2.47. The van der Waals surface area contributed by atoms with E-state index in [9.17, 15) is 4.79 Å². The summed E-state index contributed by atoms with van der Waals surface area (Å²) < 4.78 is 0. The summed E-state index contributed by atoms with van der Waals surface area (Å²) in [4.78, 5) is 16.1. The lowest BCUT2D eigenvalue weighted by molar-refractivity contribution is 0.0957. The Labute approximate surface area is 125 Å². The van der Waals surface area contributed by atoms with Crippen LogP contribution in [-0.4, -0.2) is 67.3 Å². The number of nitrogens with two attached hydrogens (primary N) is 1. The maximum absolute atomic E-state index is 11.4. The van der Waals surface area contributed by atoms with Crippen molar-refractivity contribution in [1.29, 1.82) is 0 Å². The second kappa shape index (κ2) is 7.90. The SMILES string of the molecule is CNC(=O)c1ccc(N2CCN(CCCCN)CC2)nn1. The van der Waals surface area contributed by atoms with Crippen LogP contribution in [0.1, 0.15) is 23.3 Å². The summed E-state index contributed by atoms with van der Waals surface area (Å²) in [6.45, 7) is 5.83. The average molecular weight is 292 g/mol. The van der Waals surface area contributed by atoms with Gasteiger partial charge in [-0.15, -0.1) is 10.2 Å². The fraction of sp³-hybridized carbons (Fsp3) is 0.643. The highest BCUT2D eigenvalue weighted by atomic mass is 16.1. The van der Waals surface area contributed by atoms with Gasteiger partial charge in [-0.25, -0.2) is 0 Å². The van der Waals surface area contributed by atoms with Crippen LogP contribution < -0.4 is 16.0 Å². The second-order valence-corrected chi connectivity index (χ2v) is 5.18. The summed E-state index contributed by atoms with van der Waals surface area (Å²) in [5.74, 6) is 0.628. The topological polar surface area (TPSA) is 87.4 Å². The van der Waals surface area contributed by atoms with Crippen LogP contribution in [0.15, 0.2) is 12.1 Å². The number of hydrogen-bond donors (Lipinski definition) is 2. The Kier molecular flexibility index (Phi) is 5.89. The number of carbonyl (C=O) groups is 1. The van der Waals surface area contributed by atoms with Crippen molar-refractivity contribution in [1.82, 2.24) is 20.4 Å². The smallest absolute Gasteiger partial charge is 0.271 e. The van der Waals surface area contributed by atoms with E-state index in [2.05, 4.69) is 25.3 Å². The summed E-state index contributed by atoms with van der Waals surface area (Å²) >= 11 is 0. The number of aromatic nitrogens is 2. The molecule has 2 rings (SSSR count). The summed E-state index contributed by atoms with van der Waals surface area (Å²) in [7, 11) is 1.59. The number of nitrogens with one attached hydrogen (secondary N) is 1. The number of anilines is 1. The molecule has 1 aromatic heterocycles. The van der Waals surface area contributed by atoms with E-state index in [0.29, 0.717) is 5.69 Å². The molecule has 0 aliphatic carbocycles. The number of amides is 1. The van der Waals surface area contributed by atoms with Crippen molar-refractivity contribution in [3.05, 3.63) is 17.8 Å². The summed E-state index contributed by atoms with van der Waals surface area (Å²) in [5.41, 5.74) is 5.86. The van der Waals surface area contributed by atoms with Gasteiger partial charge < -0.3 is 16.0 Å². The normalized spacial score (nSPS) is 16.0. The number of nitrogens with zero attached hydrogens (tertiary/aromatic N) is 4. The minimum Gasteiger partial charge on any atom is -0.354 e. The lowest BCUT2D eigenvalue weighted by atomic mass is 10.2. The van der Waals surface area contributed by atoms with Crippen LogP contribution in [-0.2, 0) is 0 Å². The van der Waals surface area contributed by atoms with Gasteiger partial charge in [0.25, 0.3) is 5.91 Å². The highest BCUT2D eigenvalue weighted by molar-refractivity contribution is 5.91. The van der Waals surface area contributed by atoms with Crippen molar-refractivity contribution >= 4 is 11.7 Å². The van der Waals surface area contributed by atoms with E-state index in [4.69, 9.17) is 5.73 Å². The zero-order chi connectivity index (χ0) is 15.1. The Morgan fingerprint density at radius 1 is 1.24 bits per heavy atom. The third kappa shape index (κ3) is 4.37. The molecule has 7 nitrogen and oxygen atoms in total. The molecule has 1 aliphatic rings. The fourth-order valence-electron chi connectivity index (χ4n) is 2.42. The second-order valence-electron chi connectivity index (χ2n) is 5.18. The van der Waals surface area contributed by atoms with Gasteiger partial charge in [0.2, 0.25) is 0 Å². The molecule has 21 heavy (non-hydrogen) atoms. The first kappa shape index (κ1) is 15.7. The van der Waals surface area contributed by atoms with Crippen molar-refractivity contribution in [3.63, 3.8) is 0 Å². The van der Waals surface area contributed by atoms with Gasteiger partial charge in [0.15, 0.2) is 11.5 Å². The Bertz CT molecular complexity index is 441. The van der Waals surface area contributed by atoms with E-state index in [1.807, 2.05) is 6.07 Å². The third-order valence-electron chi connectivity index (χ3n) is 3.73. The predicted octanol–water partition coefficient (Wildman–Crippen LogP) is -0.303. The molecule has 7 heteroatoms. The van der Waals surface area contributed by atoms with E-state index in [-0.39, 0.29) is 5.91 Å². The van der Waals surface area contributed by atoms with Crippen molar-refractivity contribution in [3.8, 4) is 0 Å². The van der Waals surface area contributed by atoms with Crippen molar-refractivity contribution in [2.75, 3.05) is 51.2 Å². The number of rotatable bonds is 6. The average Bonchev–Trinajstić information content (AvgIpc) is 2.55. The van der Waals surface area contributed by atoms with Crippen LogP contribution in [0, 0.1) is 0 Å². The Morgan fingerprint density at radius 3 is 2.57 bits per heavy atom. The van der Waals surface area contributed by atoms with Crippen LogP contribution in [0.3, 0.4) is 0 Å². The standard InChI is InChI=1S/C14H24N6O/c1-16-14(21)12-4-5-13(18-17-12)20-10-8-19(9-11-20)7-3-2-6-15/h4-5H,2-3,6-11,15H2,1H3,(H,16,21). The number of hydrogen-bond acceptors (Lipinski definition) is 6. The summed E-state index contributed by atoms with van der Waals surface area (Å²) in [6.07, 6.45) is 2.25. The first-order valence-electron chi connectivity index (χ1n) is 7.48. The molecule has 3 N–H and O–H groups in total. The van der Waals surface area contributed by atoms with E-state index >= 15 is 0 Å². The molecule has 0 aromatic carbocycles. The Hall–Kier alpha value is -1.73. The molecule has 1 aromatic rings. The molecule has 0 atom stereocenters. The monoisotopic (exact) mass is 292 g/mol. The largest absolute Gasteiger partial charge is 0.354 e. The van der Waals surface area contributed by atoms with Crippen LogP contribution in [0.25, 0.3) is 0 Å². The Morgan fingerprint density at radius 2 is 2.00 bits per heavy atom. The highest BCUT2D eigenvalue weighted by Crippen LogP contribution is 2.13. The summed E-state index contributed by atoms with van der Waals surface area (Å²) in [6, 6.07) is 3.58. The van der Waals surface area contributed by atoms with Crippen LogP contribution in [0.2, 0.25) is 0 Å². The van der Waals surface area contributed by atoms with E-state index < -0.39 is 0 Å². The van der Waals surface area contributed by atoms with Crippen molar-refractivity contribution in [2.24, 2.45) is 5.73 Å². The van der Waals surface area contributed by atoms with Crippen LogP contribution in [0.5, 0.6) is 0 Å². The Balaban J connectivity index is 1.83. The minimum atomic E-state index is -0.209. The zero-order valence-corrected chi connectivity index (χ0v) is 12.6. The van der Waals surface area contributed by atoms with Gasteiger partial charge in [-0.05, 0) is 38.1 Å². The molecule has 116 valence electrons.